The Hall–Kier alpha value is -3.88. The quantitative estimate of drug-likeness (QED) is 0.344. The Morgan fingerprint density at radius 2 is 1.82 bits per heavy atom. The molecule has 28 heavy (non-hydrogen) atoms. The third kappa shape index (κ3) is 4.64. The maximum absolute atomic E-state index is 11.8. The van der Waals surface area contributed by atoms with Gasteiger partial charge in [-0.15, -0.1) is 0 Å². The first-order valence-corrected chi connectivity index (χ1v) is 8.25. The number of rotatable bonds is 5. The number of carbonyl (C=O) groups excluding carboxylic acids is 3. The highest BCUT2D eigenvalue weighted by atomic mass is 16.7. The molecule has 1 heterocycles. The second-order valence-electron chi connectivity index (χ2n) is 5.68. The monoisotopic (exact) mass is 383 g/mol. The molecule has 0 radical (unpaired) electrons. The molecule has 1 aliphatic rings. The minimum Gasteiger partial charge on any atom is -0.465 e. The van der Waals surface area contributed by atoms with Crippen molar-refractivity contribution >= 4 is 24.0 Å². The number of ether oxygens (including phenoxy) is 3. The number of benzene rings is 2. The van der Waals surface area contributed by atoms with E-state index in [0.29, 0.717) is 22.6 Å². The van der Waals surface area contributed by atoms with E-state index in [1.54, 1.807) is 42.5 Å². The number of esters is 1. The van der Waals surface area contributed by atoms with E-state index in [0.717, 1.165) is 5.56 Å². The van der Waals surface area contributed by atoms with Crippen LogP contribution in [0.1, 0.15) is 21.5 Å². The fraction of sp³-hybridized carbons (Fsp3) is 0.158. The minimum absolute atomic E-state index is 0.154. The molecule has 2 amide bonds. The fourth-order valence-corrected chi connectivity index (χ4v) is 2.35. The molecule has 2 aromatic rings. The Balaban J connectivity index is 1.47. The van der Waals surface area contributed by atoms with Gasteiger partial charge >= 0.3 is 17.8 Å². The summed E-state index contributed by atoms with van der Waals surface area (Å²) in [6, 6.07) is 11.6. The van der Waals surface area contributed by atoms with Crippen molar-refractivity contribution in [2.24, 2.45) is 5.10 Å². The first-order chi connectivity index (χ1) is 13.6. The first-order valence-electron chi connectivity index (χ1n) is 8.25. The minimum atomic E-state index is -0.900. The van der Waals surface area contributed by atoms with Gasteiger partial charge < -0.3 is 19.5 Å². The van der Waals surface area contributed by atoms with E-state index in [-0.39, 0.29) is 13.3 Å². The molecule has 0 bridgehead atoms. The topological polar surface area (TPSA) is 115 Å². The van der Waals surface area contributed by atoms with Crippen molar-refractivity contribution in [2.75, 3.05) is 13.9 Å². The summed E-state index contributed by atoms with van der Waals surface area (Å²) in [5.41, 5.74) is 3.93. The smallest absolute Gasteiger partial charge is 0.337 e. The summed E-state index contributed by atoms with van der Waals surface area (Å²) >= 11 is 0. The Labute approximate surface area is 160 Å². The second-order valence-corrected chi connectivity index (χ2v) is 5.68. The summed E-state index contributed by atoms with van der Waals surface area (Å²) in [5, 5.41) is 6.21. The maximum atomic E-state index is 11.8. The zero-order chi connectivity index (χ0) is 19.9. The van der Waals surface area contributed by atoms with Crippen LogP contribution in [-0.2, 0) is 20.9 Å². The molecule has 0 saturated carbocycles. The standard InChI is InChI=1S/C19H17N3O6/c1-26-19(25)14-5-2-12(3-6-14)10-21-22-18(24)17(23)20-9-13-4-7-15-16(8-13)28-11-27-15/h2-8,10H,9,11H2,1H3,(H,20,23)(H,22,24)/b21-10+. The maximum Gasteiger partial charge on any atom is 0.337 e. The molecular formula is C19H17N3O6. The number of amides is 2. The molecular weight excluding hydrogens is 366 g/mol. The van der Waals surface area contributed by atoms with Crippen LogP contribution < -0.4 is 20.2 Å². The molecule has 0 spiro atoms. The van der Waals surface area contributed by atoms with Crippen LogP contribution in [0.25, 0.3) is 0 Å². The lowest BCUT2D eigenvalue weighted by Gasteiger charge is -2.05. The molecule has 2 aromatic carbocycles. The number of hydrogen-bond acceptors (Lipinski definition) is 7. The number of hydrazone groups is 1. The average molecular weight is 383 g/mol. The Bertz CT molecular complexity index is 924. The van der Waals surface area contributed by atoms with Gasteiger partial charge in [-0.1, -0.05) is 18.2 Å². The molecule has 1 aliphatic heterocycles. The van der Waals surface area contributed by atoms with Crippen molar-refractivity contribution in [1.29, 1.82) is 0 Å². The summed E-state index contributed by atoms with van der Waals surface area (Å²) in [6.07, 6.45) is 1.35. The van der Waals surface area contributed by atoms with E-state index in [2.05, 4.69) is 20.6 Å². The molecule has 2 N–H and O–H groups in total. The van der Waals surface area contributed by atoms with Gasteiger partial charge in [-0.2, -0.15) is 5.10 Å². The predicted octanol–water partition coefficient (Wildman–Crippen LogP) is 0.968. The van der Waals surface area contributed by atoms with Crippen molar-refractivity contribution in [2.45, 2.75) is 6.54 Å². The Morgan fingerprint density at radius 3 is 2.57 bits per heavy atom. The van der Waals surface area contributed by atoms with E-state index in [4.69, 9.17) is 9.47 Å². The SMILES string of the molecule is COC(=O)c1ccc(/C=N/NC(=O)C(=O)NCc2ccc3c(c2)OCO3)cc1. The fourth-order valence-electron chi connectivity index (χ4n) is 2.35. The number of nitrogens with one attached hydrogen (secondary N) is 2. The van der Waals surface area contributed by atoms with Gasteiger partial charge in [0.2, 0.25) is 6.79 Å². The van der Waals surface area contributed by atoms with Crippen LogP contribution in [0.4, 0.5) is 0 Å². The highest BCUT2D eigenvalue weighted by Gasteiger charge is 2.15. The number of nitrogens with zero attached hydrogens (tertiary/aromatic N) is 1. The third-order valence-corrected chi connectivity index (χ3v) is 3.81. The van der Waals surface area contributed by atoms with Gasteiger partial charge in [-0.25, -0.2) is 10.2 Å². The molecule has 9 nitrogen and oxygen atoms in total. The zero-order valence-electron chi connectivity index (χ0n) is 14.9. The number of carbonyl (C=O) groups is 3. The van der Waals surface area contributed by atoms with E-state index in [1.807, 2.05) is 0 Å². The van der Waals surface area contributed by atoms with Crippen LogP contribution in [0.2, 0.25) is 0 Å². The zero-order valence-corrected chi connectivity index (χ0v) is 14.9. The first kappa shape index (κ1) is 18.9. The van der Waals surface area contributed by atoms with Crippen molar-refractivity contribution in [3.63, 3.8) is 0 Å². The number of fused-ring (bicyclic) bond motifs is 1. The van der Waals surface area contributed by atoms with Gasteiger partial charge in [0, 0.05) is 6.54 Å². The van der Waals surface area contributed by atoms with Gasteiger partial charge in [0.25, 0.3) is 0 Å². The lowest BCUT2D eigenvalue weighted by atomic mass is 10.1. The van der Waals surface area contributed by atoms with Crippen molar-refractivity contribution in [3.8, 4) is 11.5 Å². The second kappa shape index (κ2) is 8.67. The summed E-state index contributed by atoms with van der Waals surface area (Å²) in [5.74, 6) is -0.934. The van der Waals surface area contributed by atoms with Crippen molar-refractivity contribution in [3.05, 3.63) is 59.2 Å². The highest BCUT2D eigenvalue weighted by Crippen LogP contribution is 2.32. The van der Waals surface area contributed by atoms with Crippen LogP contribution in [0.5, 0.6) is 11.5 Å². The highest BCUT2D eigenvalue weighted by molar-refractivity contribution is 6.35. The lowest BCUT2D eigenvalue weighted by Crippen LogP contribution is -2.37. The summed E-state index contributed by atoms with van der Waals surface area (Å²) in [7, 11) is 1.30. The predicted molar refractivity (Wildman–Crippen MR) is 97.9 cm³/mol. The van der Waals surface area contributed by atoms with Crippen LogP contribution in [0, 0.1) is 0 Å². The van der Waals surface area contributed by atoms with Gasteiger partial charge in [0.05, 0.1) is 18.9 Å². The van der Waals surface area contributed by atoms with Crippen LogP contribution in [-0.4, -0.2) is 37.9 Å². The summed E-state index contributed by atoms with van der Waals surface area (Å²) in [6.45, 7) is 0.318. The lowest BCUT2D eigenvalue weighted by molar-refractivity contribution is -0.139. The Kier molecular flexibility index (Phi) is 5.85. The largest absolute Gasteiger partial charge is 0.465 e. The summed E-state index contributed by atoms with van der Waals surface area (Å²) in [4.78, 5) is 35.0. The van der Waals surface area contributed by atoms with E-state index >= 15 is 0 Å². The van der Waals surface area contributed by atoms with Crippen LogP contribution >= 0.6 is 0 Å². The van der Waals surface area contributed by atoms with Gasteiger partial charge in [0.15, 0.2) is 11.5 Å². The molecule has 0 fully saturated rings. The molecule has 0 atom stereocenters. The van der Waals surface area contributed by atoms with Gasteiger partial charge in [0.1, 0.15) is 0 Å². The molecule has 144 valence electrons. The number of methoxy groups -OCH3 is 1. The third-order valence-electron chi connectivity index (χ3n) is 3.81. The van der Waals surface area contributed by atoms with E-state index < -0.39 is 17.8 Å². The van der Waals surface area contributed by atoms with Crippen molar-refractivity contribution < 1.29 is 28.6 Å². The molecule has 0 aliphatic carbocycles. The van der Waals surface area contributed by atoms with Crippen LogP contribution in [0.15, 0.2) is 47.6 Å². The molecule has 0 aromatic heterocycles. The number of hydrogen-bond donors (Lipinski definition) is 2. The Morgan fingerprint density at radius 1 is 1.07 bits per heavy atom. The molecule has 0 unspecified atom stereocenters. The van der Waals surface area contributed by atoms with E-state index in [9.17, 15) is 14.4 Å². The summed E-state index contributed by atoms with van der Waals surface area (Å²) < 4.78 is 15.1. The molecule has 0 saturated heterocycles. The van der Waals surface area contributed by atoms with Crippen LogP contribution in [0.3, 0.4) is 0 Å². The molecule has 9 heteroatoms. The van der Waals surface area contributed by atoms with Gasteiger partial charge in [-0.05, 0) is 35.4 Å². The normalized spacial score (nSPS) is 11.9. The van der Waals surface area contributed by atoms with Crippen molar-refractivity contribution in [1.82, 2.24) is 10.7 Å². The molecule has 3 rings (SSSR count). The van der Waals surface area contributed by atoms with E-state index in [1.165, 1.54) is 13.3 Å². The average Bonchev–Trinajstić information content (AvgIpc) is 3.19. The van der Waals surface area contributed by atoms with Gasteiger partial charge in [-0.3, -0.25) is 9.59 Å².